The number of anilines is 1. The number of para-hydroxylation sites is 1. The van der Waals surface area contributed by atoms with Gasteiger partial charge in [-0.2, -0.15) is 0 Å². The standard InChI is InChI=1S/C24H22N4O3S2/c1-15-26-27-24(33-15)32-14-19-18-5-2-3-6-20(18)31-22(19)23(30)25-13-16-8-10-17(11-9-16)28-12-4-7-21(28)29/h2-3,5-6,8-11H,4,7,12-14H2,1H3,(H,25,30). The van der Waals surface area contributed by atoms with Crippen LogP contribution in [0.2, 0.25) is 0 Å². The summed E-state index contributed by atoms with van der Waals surface area (Å²) in [4.78, 5) is 26.8. The Kier molecular flexibility index (Phi) is 6.15. The second kappa shape index (κ2) is 9.36. The smallest absolute Gasteiger partial charge is 0.287 e. The molecule has 5 rings (SSSR count). The van der Waals surface area contributed by atoms with Gasteiger partial charge in [0.25, 0.3) is 5.91 Å². The lowest BCUT2D eigenvalue weighted by molar-refractivity contribution is -0.117. The van der Waals surface area contributed by atoms with Gasteiger partial charge in [0.05, 0.1) is 0 Å². The molecule has 9 heteroatoms. The van der Waals surface area contributed by atoms with Gasteiger partial charge in [-0.05, 0) is 37.1 Å². The lowest BCUT2D eigenvalue weighted by atomic mass is 10.1. The van der Waals surface area contributed by atoms with Gasteiger partial charge in [0, 0.05) is 41.9 Å². The highest BCUT2D eigenvalue weighted by molar-refractivity contribution is 8.00. The SMILES string of the molecule is Cc1nnc(SCc2c(C(=O)NCc3ccc(N4CCCC4=O)cc3)oc3ccccc23)s1. The fourth-order valence-electron chi connectivity index (χ4n) is 3.87. The van der Waals surface area contributed by atoms with E-state index in [-0.39, 0.29) is 11.8 Å². The molecule has 2 aromatic heterocycles. The summed E-state index contributed by atoms with van der Waals surface area (Å²) < 4.78 is 6.80. The molecular formula is C24H22N4O3S2. The Hall–Kier alpha value is -3.17. The van der Waals surface area contributed by atoms with Crippen molar-refractivity contribution in [3.63, 3.8) is 0 Å². The first-order valence-electron chi connectivity index (χ1n) is 10.7. The average Bonchev–Trinajstić information content (AvgIpc) is 3.54. The minimum Gasteiger partial charge on any atom is -0.451 e. The minimum absolute atomic E-state index is 0.162. The van der Waals surface area contributed by atoms with Gasteiger partial charge < -0.3 is 14.6 Å². The molecular weight excluding hydrogens is 456 g/mol. The number of carbonyl (C=O) groups excluding carboxylic acids is 2. The van der Waals surface area contributed by atoms with E-state index in [2.05, 4.69) is 15.5 Å². The lowest BCUT2D eigenvalue weighted by Crippen LogP contribution is -2.24. The largest absolute Gasteiger partial charge is 0.451 e. The fourth-order valence-corrected chi connectivity index (χ4v) is 5.72. The van der Waals surface area contributed by atoms with Crippen LogP contribution in [0.25, 0.3) is 11.0 Å². The van der Waals surface area contributed by atoms with Crippen LogP contribution in [0.15, 0.2) is 57.3 Å². The van der Waals surface area contributed by atoms with Crippen molar-refractivity contribution in [3.8, 4) is 0 Å². The first-order valence-corrected chi connectivity index (χ1v) is 12.5. The van der Waals surface area contributed by atoms with E-state index >= 15 is 0 Å². The number of fused-ring (bicyclic) bond motifs is 1. The number of aryl methyl sites for hydroxylation is 1. The number of nitrogens with one attached hydrogen (secondary N) is 1. The van der Waals surface area contributed by atoms with Gasteiger partial charge in [0.1, 0.15) is 10.6 Å². The van der Waals surface area contributed by atoms with Crippen LogP contribution >= 0.6 is 23.1 Å². The molecule has 0 spiro atoms. The van der Waals surface area contributed by atoms with Crippen LogP contribution in [0.5, 0.6) is 0 Å². The number of aromatic nitrogens is 2. The summed E-state index contributed by atoms with van der Waals surface area (Å²) in [7, 11) is 0. The molecule has 168 valence electrons. The number of thioether (sulfide) groups is 1. The maximum Gasteiger partial charge on any atom is 0.287 e. The molecule has 3 heterocycles. The Balaban J connectivity index is 1.30. The molecule has 1 aliphatic rings. The second-order valence-electron chi connectivity index (χ2n) is 7.78. The van der Waals surface area contributed by atoms with Crippen LogP contribution in [-0.2, 0) is 17.1 Å². The normalized spacial score (nSPS) is 13.7. The Bertz CT molecular complexity index is 1310. The van der Waals surface area contributed by atoms with Gasteiger partial charge in [0.2, 0.25) is 5.91 Å². The van der Waals surface area contributed by atoms with Crippen molar-refractivity contribution < 1.29 is 14.0 Å². The average molecular weight is 479 g/mol. The Morgan fingerprint density at radius 1 is 1.18 bits per heavy atom. The number of carbonyl (C=O) groups is 2. The zero-order chi connectivity index (χ0) is 22.8. The van der Waals surface area contributed by atoms with Crippen molar-refractivity contribution in [1.29, 1.82) is 0 Å². The van der Waals surface area contributed by atoms with Crippen molar-refractivity contribution in [2.75, 3.05) is 11.4 Å². The van der Waals surface area contributed by atoms with Crippen LogP contribution in [0.1, 0.15) is 39.5 Å². The van der Waals surface area contributed by atoms with Gasteiger partial charge >= 0.3 is 0 Å². The van der Waals surface area contributed by atoms with E-state index in [0.717, 1.165) is 44.5 Å². The Morgan fingerprint density at radius 3 is 2.73 bits per heavy atom. The third-order valence-electron chi connectivity index (χ3n) is 5.53. The molecule has 1 N–H and O–H groups in total. The molecule has 0 saturated carbocycles. The highest BCUT2D eigenvalue weighted by Crippen LogP contribution is 2.33. The van der Waals surface area contributed by atoms with E-state index in [0.29, 0.717) is 30.1 Å². The van der Waals surface area contributed by atoms with E-state index < -0.39 is 0 Å². The molecule has 0 radical (unpaired) electrons. The highest BCUT2D eigenvalue weighted by Gasteiger charge is 2.22. The van der Waals surface area contributed by atoms with E-state index in [1.165, 1.54) is 11.3 Å². The molecule has 2 aromatic carbocycles. The second-order valence-corrected chi connectivity index (χ2v) is 10.2. The van der Waals surface area contributed by atoms with Crippen LogP contribution in [-0.4, -0.2) is 28.6 Å². The van der Waals surface area contributed by atoms with Gasteiger partial charge in [-0.15, -0.1) is 10.2 Å². The van der Waals surface area contributed by atoms with Gasteiger partial charge in [-0.25, -0.2) is 0 Å². The highest BCUT2D eigenvalue weighted by atomic mass is 32.2. The summed E-state index contributed by atoms with van der Waals surface area (Å²) in [6.07, 6.45) is 1.50. The number of benzene rings is 2. The van der Waals surface area contributed by atoms with E-state index in [1.807, 2.05) is 55.5 Å². The van der Waals surface area contributed by atoms with E-state index in [4.69, 9.17) is 4.42 Å². The predicted octanol–water partition coefficient (Wildman–Crippen LogP) is 4.94. The van der Waals surface area contributed by atoms with Crippen LogP contribution in [0.4, 0.5) is 5.69 Å². The number of nitrogens with zero attached hydrogens (tertiary/aromatic N) is 3. The monoisotopic (exact) mass is 478 g/mol. The maximum absolute atomic E-state index is 13.1. The van der Waals surface area contributed by atoms with Crippen molar-refractivity contribution in [1.82, 2.24) is 15.5 Å². The molecule has 2 amide bonds. The zero-order valence-electron chi connectivity index (χ0n) is 18.0. The van der Waals surface area contributed by atoms with Crippen molar-refractivity contribution in [2.24, 2.45) is 0 Å². The van der Waals surface area contributed by atoms with Gasteiger partial charge in [-0.3, -0.25) is 9.59 Å². The number of hydrogen-bond acceptors (Lipinski definition) is 7. The number of rotatable bonds is 7. The maximum atomic E-state index is 13.1. The molecule has 7 nitrogen and oxygen atoms in total. The summed E-state index contributed by atoms with van der Waals surface area (Å²) in [6, 6.07) is 15.4. The van der Waals surface area contributed by atoms with Crippen LogP contribution < -0.4 is 10.2 Å². The summed E-state index contributed by atoms with van der Waals surface area (Å²) in [5.41, 5.74) is 3.39. The minimum atomic E-state index is -0.256. The summed E-state index contributed by atoms with van der Waals surface area (Å²) >= 11 is 3.08. The number of amides is 2. The summed E-state index contributed by atoms with van der Waals surface area (Å²) in [5, 5.41) is 13.0. The molecule has 1 saturated heterocycles. The Labute approximate surface area is 199 Å². The third kappa shape index (κ3) is 4.65. The summed E-state index contributed by atoms with van der Waals surface area (Å²) in [5.74, 6) is 0.792. The molecule has 0 bridgehead atoms. The van der Waals surface area contributed by atoms with Gasteiger partial charge in [0.15, 0.2) is 10.1 Å². The van der Waals surface area contributed by atoms with Crippen molar-refractivity contribution in [2.45, 2.75) is 36.4 Å². The van der Waals surface area contributed by atoms with Crippen molar-refractivity contribution >= 4 is 51.6 Å². The first kappa shape index (κ1) is 21.7. The predicted molar refractivity (Wildman–Crippen MR) is 130 cm³/mol. The molecule has 0 unspecified atom stereocenters. The molecule has 4 aromatic rings. The topological polar surface area (TPSA) is 88.3 Å². The van der Waals surface area contributed by atoms with Crippen LogP contribution in [0.3, 0.4) is 0 Å². The van der Waals surface area contributed by atoms with E-state index in [1.54, 1.807) is 16.7 Å². The molecule has 1 aliphatic heterocycles. The van der Waals surface area contributed by atoms with Gasteiger partial charge in [-0.1, -0.05) is 53.4 Å². The first-order chi connectivity index (χ1) is 16.1. The summed E-state index contributed by atoms with van der Waals surface area (Å²) in [6.45, 7) is 3.05. The fraction of sp³-hybridized carbons (Fsp3) is 0.250. The van der Waals surface area contributed by atoms with E-state index in [9.17, 15) is 9.59 Å². The number of hydrogen-bond donors (Lipinski definition) is 1. The third-order valence-corrected chi connectivity index (χ3v) is 7.52. The number of furan rings is 1. The molecule has 0 atom stereocenters. The van der Waals surface area contributed by atoms with Crippen LogP contribution in [0, 0.1) is 6.92 Å². The van der Waals surface area contributed by atoms with Crippen molar-refractivity contribution in [3.05, 3.63) is 70.4 Å². The zero-order valence-corrected chi connectivity index (χ0v) is 19.7. The molecule has 1 fully saturated rings. The Morgan fingerprint density at radius 2 is 2.00 bits per heavy atom. The quantitative estimate of drug-likeness (QED) is 0.379. The molecule has 33 heavy (non-hydrogen) atoms. The molecule has 0 aliphatic carbocycles. The lowest BCUT2D eigenvalue weighted by Gasteiger charge is -2.16.